The van der Waals surface area contributed by atoms with E-state index >= 15 is 0 Å². The number of likely N-dealkylation sites (tertiary alicyclic amines) is 1. The van der Waals surface area contributed by atoms with Crippen LogP contribution in [0.25, 0.3) is 0 Å². The molecular weight excluding hydrogens is 453 g/mol. The highest BCUT2D eigenvalue weighted by Gasteiger charge is 2.23. The summed E-state index contributed by atoms with van der Waals surface area (Å²) in [5.41, 5.74) is 0.816. The summed E-state index contributed by atoms with van der Waals surface area (Å²) >= 11 is 12.0. The number of carbonyl (C=O) groups is 1. The maximum atomic E-state index is 11.4. The summed E-state index contributed by atoms with van der Waals surface area (Å²) in [6, 6.07) is 12.0. The number of rotatable bonds is 8. The number of ether oxygens (including phenoxy) is 2. The number of anilines is 1. The summed E-state index contributed by atoms with van der Waals surface area (Å²) in [7, 11) is 0. The number of benzene rings is 2. The van der Waals surface area contributed by atoms with Crippen LogP contribution in [0.5, 0.6) is 11.5 Å². The molecule has 0 radical (unpaired) electrons. The molecule has 1 aliphatic heterocycles. The SMILES string of the molecule is CC(=O)Nc1cc(C#N)ccc1OCC(O)CN1CCC(Oc2ccc(Cl)c(Cl)c2)CC1. The second-order valence-electron chi connectivity index (χ2n) is 7.66. The number of β-amino-alcohol motifs (C(OH)–C–C–N with tert-alkyl or cyclic N) is 1. The van der Waals surface area contributed by atoms with E-state index in [1.165, 1.54) is 6.92 Å². The highest BCUT2D eigenvalue weighted by Crippen LogP contribution is 2.28. The molecule has 170 valence electrons. The molecule has 1 saturated heterocycles. The molecule has 2 aromatic carbocycles. The first-order valence-corrected chi connectivity index (χ1v) is 11.1. The van der Waals surface area contributed by atoms with Crippen molar-refractivity contribution in [2.24, 2.45) is 0 Å². The number of halogens is 2. The predicted molar refractivity (Wildman–Crippen MR) is 124 cm³/mol. The van der Waals surface area contributed by atoms with Gasteiger partial charge in [-0.1, -0.05) is 23.2 Å². The smallest absolute Gasteiger partial charge is 0.221 e. The van der Waals surface area contributed by atoms with Gasteiger partial charge in [0.25, 0.3) is 0 Å². The first-order chi connectivity index (χ1) is 15.3. The minimum Gasteiger partial charge on any atom is -0.490 e. The van der Waals surface area contributed by atoms with Crippen LogP contribution in [0.2, 0.25) is 10.0 Å². The van der Waals surface area contributed by atoms with Crippen molar-refractivity contribution in [1.29, 1.82) is 5.26 Å². The Balaban J connectivity index is 1.45. The Morgan fingerprint density at radius 2 is 2.00 bits per heavy atom. The van der Waals surface area contributed by atoms with E-state index in [9.17, 15) is 9.90 Å². The second-order valence-corrected chi connectivity index (χ2v) is 8.48. The van der Waals surface area contributed by atoms with E-state index in [-0.39, 0.29) is 18.6 Å². The van der Waals surface area contributed by atoms with Gasteiger partial charge in [-0.05, 0) is 43.2 Å². The topological polar surface area (TPSA) is 94.8 Å². The highest BCUT2D eigenvalue weighted by atomic mass is 35.5. The van der Waals surface area contributed by atoms with Crippen LogP contribution in [-0.2, 0) is 4.79 Å². The van der Waals surface area contributed by atoms with Crippen molar-refractivity contribution >= 4 is 34.8 Å². The van der Waals surface area contributed by atoms with Gasteiger partial charge in [-0.3, -0.25) is 4.79 Å². The first-order valence-electron chi connectivity index (χ1n) is 10.3. The lowest BCUT2D eigenvalue weighted by atomic mass is 10.1. The van der Waals surface area contributed by atoms with E-state index in [1.807, 2.05) is 6.07 Å². The molecule has 7 nitrogen and oxygen atoms in total. The summed E-state index contributed by atoms with van der Waals surface area (Å²) in [4.78, 5) is 13.6. The third kappa shape index (κ3) is 7.01. The number of carbonyl (C=O) groups excluding carboxylic acids is 1. The quantitative estimate of drug-likeness (QED) is 0.593. The van der Waals surface area contributed by atoms with Crippen LogP contribution >= 0.6 is 23.2 Å². The van der Waals surface area contributed by atoms with Gasteiger partial charge in [0, 0.05) is 32.6 Å². The van der Waals surface area contributed by atoms with Crippen LogP contribution in [0.15, 0.2) is 36.4 Å². The normalized spacial score (nSPS) is 15.6. The minimum atomic E-state index is -0.705. The van der Waals surface area contributed by atoms with Gasteiger partial charge in [0.2, 0.25) is 5.91 Å². The second kappa shape index (κ2) is 11.4. The zero-order valence-electron chi connectivity index (χ0n) is 17.7. The molecule has 2 aromatic rings. The fourth-order valence-corrected chi connectivity index (χ4v) is 3.79. The summed E-state index contributed by atoms with van der Waals surface area (Å²) in [6.45, 7) is 3.49. The minimum absolute atomic E-state index is 0.0676. The van der Waals surface area contributed by atoms with Gasteiger partial charge in [-0.2, -0.15) is 5.26 Å². The Morgan fingerprint density at radius 1 is 1.25 bits per heavy atom. The average Bonchev–Trinajstić information content (AvgIpc) is 2.76. The number of amides is 1. The summed E-state index contributed by atoms with van der Waals surface area (Å²) in [5.74, 6) is 0.840. The number of hydrogen-bond acceptors (Lipinski definition) is 6. The van der Waals surface area contributed by atoms with Crippen molar-refractivity contribution in [1.82, 2.24) is 4.90 Å². The number of aliphatic hydroxyl groups is 1. The molecule has 0 saturated carbocycles. The molecule has 1 aliphatic rings. The highest BCUT2D eigenvalue weighted by molar-refractivity contribution is 6.42. The molecule has 3 rings (SSSR count). The molecule has 0 bridgehead atoms. The standard InChI is InChI=1S/C23H25Cl2N3O4/c1-15(29)27-22-10-16(12-26)2-5-23(22)31-14-17(30)13-28-8-6-18(7-9-28)32-19-3-4-20(24)21(25)11-19/h2-5,10-11,17-18,30H,6-9,13-14H2,1H3,(H,27,29). The molecule has 1 unspecified atom stereocenters. The summed E-state index contributed by atoms with van der Waals surface area (Å²) in [6.07, 6.45) is 1.03. The van der Waals surface area contributed by atoms with E-state index in [0.29, 0.717) is 39.3 Å². The van der Waals surface area contributed by atoms with E-state index in [1.54, 1.807) is 36.4 Å². The van der Waals surface area contributed by atoms with Gasteiger partial charge in [-0.25, -0.2) is 0 Å². The lowest BCUT2D eigenvalue weighted by Gasteiger charge is -2.33. The van der Waals surface area contributed by atoms with Crippen LogP contribution < -0.4 is 14.8 Å². The third-order valence-corrected chi connectivity index (χ3v) is 5.79. The molecule has 1 amide bonds. The van der Waals surface area contributed by atoms with E-state index in [0.717, 1.165) is 25.9 Å². The molecule has 9 heteroatoms. The number of piperidine rings is 1. The van der Waals surface area contributed by atoms with Gasteiger partial charge in [0.1, 0.15) is 30.3 Å². The summed E-state index contributed by atoms with van der Waals surface area (Å²) in [5, 5.41) is 23.1. The van der Waals surface area contributed by atoms with E-state index < -0.39 is 6.10 Å². The van der Waals surface area contributed by atoms with Gasteiger partial charge >= 0.3 is 0 Å². The zero-order valence-corrected chi connectivity index (χ0v) is 19.2. The largest absolute Gasteiger partial charge is 0.490 e. The summed E-state index contributed by atoms with van der Waals surface area (Å²) < 4.78 is 11.7. The van der Waals surface area contributed by atoms with Crippen molar-refractivity contribution in [2.45, 2.75) is 32.0 Å². The van der Waals surface area contributed by atoms with Crippen LogP contribution in [0.1, 0.15) is 25.3 Å². The van der Waals surface area contributed by atoms with E-state index in [2.05, 4.69) is 10.2 Å². The molecule has 0 spiro atoms. The fourth-order valence-electron chi connectivity index (χ4n) is 3.50. The molecule has 1 heterocycles. The Labute approximate surface area is 197 Å². The molecule has 0 aromatic heterocycles. The fraction of sp³-hybridized carbons (Fsp3) is 0.391. The number of hydrogen-bond donors (Lipinski definition) is 2. The molecule has 0 aliphatic carbocycles. The Bertz CT molecular complexity index is 988. The third-order valence-electron chi connectivity index (χ3n) is 5.05. The number of nitrogens with one attached hydrogen (secondary N) is 1. The lowest BCUT2D eigenvalue weighted by molar-refractivity contribution is -0.114. The molecule has 1 fully saturated rings. The van der Waals surface area contributed by atoms with Crippen LogP contribution in [0.3, 0.4) is 0 Å². The molecular formula is C23H25Cl2N3O4. The van der Waals surface area contributed by atoms with Gasteiger partial charge in [0.15, 0.2) is 0 Å². The first kappa shape index (κ1) is 24.1. The maximum Gasteiger partial charge on any atom is 0.221 e. The predicted octanol–water partition coefficient (Wildman–Crippen LogP) is 4.11. The van der Waals surface area contributed by atoms with Gasteiger partial charge < -0.3 is 24.8 Å². The van der Waals surface area contributed by atoms with Crippen LogP contribution in [0.4, 0.5) is 5.69 Å². The number of aliphatic hydroxyl groups excluding tert-OH is 1. The van der Waals surface area contributed by atoms with Crippen molar-refractivity contribution in [3.05, 3.63) is 52.0 Å². The monoisotopic (exact) mass is 477 g/mol. The Kier molecular flexibility index (Phi) is 8.60. The van der Waals surface area contributed by atoms with Crippen molar-refractivity contribution in [3.63, 3.8) is 0 Å². The average molecular weight is 478 g/mol. The number of nitrogens with zero attached hydrogens (tertiary/aromatic N) is 2. The van der Waals surface area contributed by atoms with Crippen LogP contribution in [-0.4, -0.2) is 54.4 Å². The molecule has 1 atom stereocenters. The Morgan fingerprint density at radius 3 is 2.66 bits per heavy atom. The zero-order chi connectivity index (χ0) is 23.1. The molecule has 2 N–H and O–H groups in total. The lowest BCUT2D eigenvalue weighted by Crippen LogP contribution is -2.43. The van der Waals surface area contributed by atoms with Gasteiger partial charge in [0.05, 0.1) is 27.4 Å². The van der Waals surface area contributed by atoms with Gasteiger partial charge in [-0.15, -0.1) is 0 Å². The van der Waals surface area contributed by atoms with Crippen molar-refractivity contribution in [3.8, 4) is 17.6 Å². The molecule has 32 heavy (non-hydrogen) atoms. The van der Waals surface area contributed by atoms with E-state index in [4.69, 9.17) is 37.9 Å². The Hall–Kier alpha value is -2.50. The van der Waals surface area contributed by atoms with Crippen molar-refractivity contribution in [2.75, 3.05) is 31.6 Å². The van der Waals surface area contributed by atoms with Crippen molar-refractivity contribution < 1.29 is 19.4 Å². The maximum absolute atomic E-state index is 11.4. The van der Waals surface area contributed by atoms with Crippen LogP contribution in [0, 0.1) is 11.3 Å². The number of nitriles is 1.